The molecule has 0 aromatic carbocycles. The fourth-order valence-electron chi connectivity index (χ4n) is 2.54. The van der Waals surface area contributed by atoms with Crippen molar-refractivity contribution in [1.29, 1.82) is 0 Å². The molecule has 2 fully saturated rings. The summed E-state index contributed by atoms with van der Waals surface area (Å²) < 4.78 is 11.2. The van der Waals surface area contributed by atoms with Gasteiger partial charge >= 0.3 is 0 Å². The van der Waals surface area contributed by atoms with Gasteiger partial charge in [0.1, 0.15) is 0 Å². The Morgan fingerprint density at radius 1 is 1.31 bits per heavy atom. The van der Waals surface area contributed by atoms with Crippen LogP contribution >= 0.6 is 0 Å². The Bertz CT molecular complexity index is 166. The van der Waals surface area contributed by atoms with Crippen molar-refractivity contribution in [2.45, 2.75) is 51.2 Å². The van der Waals surface area contributed by atoms with Gasteiger partial charge in [0.15, 0.2) is 0 Å². The van der Waals surface area contributed by atoms with Crippen molar-refractivity contribution in [2.75, 3.05) is 26.4 Å². The standard InChI is InChI=1S/C13H25NO2/c1-11(8-14-13-4-2-3-5-13)16-10-12-6-7-15-9-12/h11-14H,2-10H2,1H3. The van der Waals surface area contributed by atoms with Crippen LogP contribution in [0.15, 0.2) is 0 Å². The summed E-state index contributed by atoms with van der Waals surface area (Å²) in [5.41, 5.74) is 0. The maximum absolute atomic E-state index is 5.84. The van der Waals surface area contributed by atoms with Crippen LogP contribution in [0.1, 0.15) is 39.0 Å². The Labute approximate surface area is 98.9 Å². The summed E-state index contributed by atoms with van der Waals surface area (Å²) in [4.78, 5) is 0. The van der Waals surface area contributed by atoms with Crippen molar-refractivity contribution in [3.05, 3.63) is 0 Å². The Kier molecular flexibility index (Phi) is 5.07. The van der Waals surface area contributed by atoms with Crippen LogP contribution in [0.25, 0.3) is 0 Å². The van der Waals surface area contributed by atoms with Gasteiger partial charge in [-0.3, -0.25) is 0 Å². The molecule has 0 aromatic heterocycles. The predicted molar refractivity (Wildman–Crippen MR) is 64.6 cm³/mol. The SMILES string of the molecule is CC(CNC1CCCC1)OCC1CCOC1. The van der Waals surface area contributed by atoms with E-state index in [2.05, 4.69) is 12.2 Å². The van der Waals surface area contributed by atoms with Crippen LogP contribution in [-0.2, 0) is 9.47 Å². The molecule has 2 unspecified atom stereocenters. The van der Waals surface area contributed by atoms with Crippen LogP contribution in [-0.4, -0.2) is 38.5 Å². The molecule has 3 nitrogen and oxygen atoms in total. The van der Waals surface area contributed by atoms with E-state index in [1.54, 1.807) is 0 Å². The highest BCUT2D eigenvalue weighted by Crippen LogP contribution is 2.17. The molecule has 1 aliphatic carbocycles. The van der Waals surface area contributed by atoms with Crippen LogP contribution in [0.4, 0.5) is 0 Å². The second-order valence-electron chi connectivity index (χ2n) is 5.26. The van der Waals surface area contributed by atoms with E-state index in [0.717, 1.165) is 32.4 Å². The van der Waals surface area contributed by atoms with Crippen molar-refractivity contribution in [3.8, 4) is 0 Å². The lowest BCUT2D eigenvalue weighted by Gasteiger charge is -2.19. The number of ether oxygens (including phenoxy) is 2. The molecular formula is C13H25NO2. The molecule has 3 heteroatoms. The van der Waals surface area contributed by atoms with Gasteiger partial charge in [0, 0.05) is 25.1 Å². The van der Waals surface area contributed by atoms with Gasteiger partial charge in [-0.25, -0.2) is 0 Å². The van der Waals surface area contributed by atoms with E-state index in [9.17, 15) is 0 Å². The lowest BCUT2D eigenvalue weighted by Crippen LogP contribution is -2.34. The van der Waals surface area contributed by atoms with Crippen molar-refractivity contribution in [2.24, 2.45) is 5.92 Å². The van der Waals surface area contributed by atoms with Gasteiger partial charge in [0.2, 0.25) is 0 Å². The van der Waals surface area contributed by atoms with E-state index in [1.807, 2.05) is 0 Å². The van der Waals surface area contributed by atoms with Gasteiger partial charge in [0.05, 0.1) is 19.3 Å². The summed E-state index contributed by atoms with van der Waals surface area (Å²) in [5, 5.41) is 3.60. The number of rotatable bonds is 6. The molecule has 0 bridgehead atoms. The van der Waals surface area contributed by atoms with Gasteiger partial charge in [0.25, 0.3) is 0 Å². The highest BCUT2D eigenvalue weighted by Gasteiger charge is 2.18. The Hall–Kier alpha value is -0.120. The molecule has 2 atom stereocenters. The van der Waals surface area contributed by atoms with Gasteiger partial charge in [-0.05, 0) is 26.2 Å². The van der Waals surface area contributed by atoms with E-state index in [1.165, 1.54) is 32.1 Å². The zero-order chi connectivity index (χ0) is 11.2. The van der Waals surface area contributed by atoms with E-state index in [0.29, 0.717) is 12.0 Å². The van der Waals surface area contributed by atoms with Gasteiger partial charge in [-0.15, -0.1) is 0 Å². The normalized spacial score (nSPS) is 28.7. The van der Waals surface area contributed by atoms with E-state index >= 15 is 0 Å². The zero-order valence-electron chi connectivity index (χ0n) is 10.4. The smallest absolute Gasteiger partial charge is 0.0671 e. The molecule has 1 heterocycles. The second-order valence-corrected chi connectivity index (χ2v) is 5.26. The monoisotopic (exact) mass is 227 g/mol. The molecule has 0 amide bonds. The first-order valence-electron chi connectivity index (χ1n) is 6.77. The highest BCUT2D eigenvalue weighted by atomic mass is 16.5. The Balaban J connectivity index is 1.51. The number of hydrogen-bond acceptors (Lipinski definition) is 3. The first-order valence-corrected chi connectivity index (χ1v) is 6.77. The second kappa shape index (κ2) is 6.58. The third-order valence-electron chi connectivity index (χ3n) is 3.69. The molecule has 2 aliphatic rings. The Morgan fingerprint density at radius 3 is 2.81 bits per heavy atom. The summed E-state index contributed by atoms with van der Waals surface area (Å²) in [6.45, 7) is 5.84. The third-order valence-corrected chi connectivity index (χ3v) is 3.69. The summed E-state index contributed by atoms with van der Waals surface area (Å²) in [7, 11) is 0. The summed E-state index contributed by atoms with van der Waals surface area (Å²) in [6, 6.07) is 0.751. The largest absolute Gasteiger partial charge is 0.381 e. The molecule has 0 aromatic rings. The maximum Gasteiger partial charge on any atom is 0.0671 e. The molecular weight excluding hydrogens is 202 g/mol. The first kappa shape index (κ1) is 12.3. The lowest BCUT2D eigenvalue weighted by atomic mass is 10.1. The Morgan fingerprint density at radius 2 is 2.12 bits per heavy atom. The van der Waals surface area contributed by atoms with Crippen molar-refractivity contribution < 1.29 is 9.47 Å². The van der Waals surface area contributed by atoms with Crippen LogP contribution in [0.2, 0.25) is 0 Å². The zero-order valence-corrected chi connectivity index (χ0v) is 10.4. The quantitative estimate of drug-likeness (QED) is 0.752. The predicted octanol–water partition coefficient (Wildman–Crippen LogP) is 1.96. The third kappa shape index (κ3) is 4.04. The minimum atomic E-state index is 0.334. The molecule has 1 N–H and O–H groups in total. The van der Waals surface area contributed by atoms with Crippen LogP contribution in [0, 0.1) is 5.92 Å². The number of nitrogens with one attached hydrogen (secondary N) is 1. The van der Waals surface area contributed by atoms with Crippen molar-refractivity contribution in [3.63, 3.8) is 0 Å². The molecule has 1 aliphatic heterocycles. The molecule has 1 saturated carbocycles. The molecule has 0 radical (unpaired) electrons. The average Bonchev–Trinajstić information content (AvgIpc) is 2.96. The van der Waals surface area contributed by atoms with Gasteiger partial charge < -0.3 is 14.8 Å². The van der Waals surface area contributed by atoms with E-state index in [-0.39, 0.29) is 0 Å². The van der Waals surface area contributed by atoms with Crippen LogP contribution in [0.3, 0.4) is 0 Å². The number of hydrogen-bond donors (Lipinski definition) is 1. The molecule has 0 spiro atoms. The van der Waals surface area contributed by atoms with E-state index < -0.39 is 0 Å². The van der Waals surface area contributed by atoms with Gasteiger partial charge in [-0.2, -0.15) is 0 Å². The molecule has 94 valence electrons. The first-order chi connectivity index (χ1) is 7.84. The minimum absolute atomic E-state index is 0.334. The minimum Gasteiger partial charge on any atom is -0.381 e. The lowest BCUT2D eigenvalue weighted by molar-refractivity contribution is 0.0356. The molecule has 2 rings (SSSR count). The summed E-state index contributed by atoms with van der Waals surface area (Å²) >= 11 is 0. The molecule has 16 heavy (non-hydrogen) atoms. The average molecular weight is 227 g/mol. The fraction of sp³-hybridized carbons (Fsp3) is 1.00. The van der Waals surface area contributed by atoms with Crippen molar-refractivity contribution in [1.82, 2.24) is 5.32 Å². The molecule has 1 saturated heterocycles. The highest BCUT2D eigenvalue weighted by molar-refractivity contribution is 4.74. The fourth-order valence-corrected chi connectivity index (χ4v) is 2.54. The van der Waals surface area contributed by atoms with Crippen LogP contribution in [0.5, 0.6) is 0 Å². The summed E-state index contributed by atoms with van der Waals surface area (Å²) in [5.74, 6) is 0.633. The van der Waals surface area contributed by atoms with Gasteiger partial charge in [-0.1, -0.05) is 12.8 Å². The van der Waals surface area contributed by atoms with Crippen molar-refractivity contribution >= 4 is 0 Å². The maximum atomic E-state index is 5.84. The summed E-state index contributed by atoms with van der Waals surface area (Å²) in [6.07, 6.45) is 6.99. The van der Waals surface area contributed by atoms with E-state index in [4.69, 9.17) is 9.47 Å². The van der Waals surface area contributed by atoms with Crippen LogP contribution < -0.4 is 5.32 Å². The topological polar surface area (TPSA) is 30.5 Å².